The Balaban J connectivity index is 1.67. The van der Waals surface area contributed by atoms with E-state index in [9.17, 15) is 14.7 Å². The number of aromatic nitrogens is 1. The Kier molecular flexibility index (Phi) is 10.1. The lowest BCUT2D eigenvalue weighted by molar-refractivity contribution is -0.136. The minimum atomic E-state index is -0.882. The van der Waals surface area contributed by atoms with Gasteiger partial charge in [0.25, 0.3) is 0 Å². The highest BCUT2D eigenvalue weighted by molar-refractivity contribution is 7.99. The summed E-state index contributed by atoms with van der Waals surface area (Å²) in [6.07, 6.45) is 8.19. The number of hydrogen-bond donors (Lipinski definition) is 1. The molecule has 0 amide bonds. The molecule has 3 aromatic rings. The molecular formula is C28H34ClNO4S. The number of methoxy groups -OCH3 is 1. The average Bonchev–Trinajstić information content (AvgIpc) is 3.11. The monoisotopic (exact) mass is 515 g/mol. The maximum atomic E-state index is 13.4. The molecule has 3 rings (SSSR count). The molecule has 35 heavy (non-hydrogen) atoms. The minimum Gasteiger partial charge on any atom is -0.497 e. The summed E-state index contributed by atoms with van der Waals surface area (Å²) in [5, 5.41) is 10.4. The van der Waals surface area contributed by atoms with Crippen LogP contribution in [0.3, 0.4) is 0 Å². The van der Waals surface area contributed by atoms with E-state index in [0.717, 1.165) is 60.9 Å². The molecule has 0 radical (unpaired) electrons. The lowest BCUT2D eigenvalue weighted by atomic mass is 9.98. The number of thioether (sulfide) groups is 1. The number of halogens is 1. The molecule has 188 valence electrons. The van der Waals surface area contributed by atoms with Gasteiger partial charge in [-0.2, -0.15) is 11.8 Å². The Morgan fingerprint density at radius 1 is 1.03 bits per heavy atom. The average molecular weight is 516 g/mol. The molecule has 0 aliphatic carbocycles. The maximum Gasteiger partial charge on any atom is 0.304 e. The third kappa shape index (κ3) is 7.28. The summed E-state index contributed by atoms with van der Waals surface area (Å²) >= 11 is 7.71. The zero-order chi connectivity index (χ0) is 25.4. The Morgan fingerprint density at radius 2 is 1.71 bits per heavy atom. The van der Waals surface area contributed by atoms with Crippen LogP contribution in [0, 0.1) is 0 Å². The standard InChI is InChI=1S/C28H34ClNO4S/c1-30-24-15-12-20(29)16-23(24)28(26(31)17-22(35-3)18-27(32)33)25(30)9-7-5-4-6-8-19-10-13-21(34-2)14-11-19/h10-16,22H,4-9,17-18H2,1-3H3,(H,32,33). The molecule has 0 fully saturated rings. The second-order valence-electron chi connectivity index (χ2n) is 8.89. The van der Waals surface area contributed by atoms with Crippen molar-refractivity contribution in [1.82, 2.24) is 4.57 Å². The third-order valence-electron chi connectivity index (χ3n) is 6.50. The highest BCUT2D eigenvalue weighted by atomic mass is 35.5. The highest BCUT2D eigenvalue weighted by Crippen LogP contribution is 2.32. The Bertz CT molecular complexity index is 1160. The molecule has 1 aromatic heterocycles. The summed E-state index contributed by atoms with van der Waals surface area (Å²) in [4.78, 5) is 24.6. The maximum absolute atomic E-state index is 13.4. The van der Waals surface area contributed by atoms with Gasteiger partial charge in [-0.05, 0) is 67.8 Å². The predicted octanol–water partition coefficient (Wildman–Crippen LogP) is 6.97. The van der Waals surface area contributed by atoms with Crippen LogP contribution in [0.5, 0.6) is 5.75 Å². The zero-order valence-electron chi connectivity index (χ0n) is 20.7. The fourth-order valence-electron chi connectivity index (χ4n) is 4.58. The number of carboxylic acids is 1. The number of fused-ring (bicyclic) bond motifs is 1. The largest absolute Gasteiger partial charge is 0.497 e. The number of nitrogens with zero attached hydrogens (tertiary/aromatic N) is 1. The van der Waals surface area contributed by atoms with E-state index >= 15 is 0 Å². The van der Waals surface area contributed by atoms with Gasteiger partial charge in [-0.3, -0.25) is 9.59 Å². The number of ether oxygens (including phenoxy) is 1. The van der Waals surface area contributed by atoms with Crippen molar-refractivity contribution in [2.75, 3.05) is 13.4 Å². The first-order valence-corrected chi connectivity index (χ1v) is 13.7. The number of rotatable bonds is 14. The van der Waals surface area contributed by atoms with E-state index < -0.39 is 5.97 Å². The van der Waals surface area contributed by atoms with E-state index in [2.05, 4.69) is 16.7 Å². The van der Waals surface area contributed by atoms with Crippen molar-refractivity contribution in [3.05, 3.63) is 64.3 Å². The van der Waals surface area contributed by atoms with E-state index in [1.165, 1.54) is 17.3 Å². The van der Waals surface area contributed by atoms with Gasteiger partial charge in [0.15, 0.2) is 5.78 Å². The van der Waals surface area contributed by atoms with Gasteiger partial charge >= 0.3 is 5.97 Å². The van der Waals surface area contributed by atoms with Crippen molar-refractivity contribution in [2.24, 2.45) is 7.05 Å². The number of aryl methyl sites for hydroxylation is 2. The predicted molar refractivity (Wildman–Crippen MR) is 145 cm³/mol. The normalized spacial score (nSPS) is 12.1. The number of unbranched alkanes of at least 4 members (excludes halogenated alkanes) is 3. The van der Waals surface area contributed by atoms with Crippen molar-refractivity contribution in [2.45, 2.75) is 56.6 Å². The lowest BCUT2D eigenvalue weighted by Gasteiger charge is -2.12. The summed E-state index contributed by atoms with van der Waals surface area (Å²) in [5.74, 6) is -0.0110. The molecule has 5 nitrogen and oxygen atoms in total. The Morgan fingerprint density at radius 3 is 2.34 bits per heavy atom. The minimum absolute atomic E-state index is 0.00651. The van der Waals surface area contributed by atoms with Gasteiger partial charge < -0.3 is 14.4 Å². The van der Waals surface area contributed by atoms with Crippen molar-refractivity contribution < 1.29 is 19.4 Å². The van der Waals surface area contributed by atoms with Crippen LogP contribution in [0.15, 0.2) is 42.5 Å². The van der Waals surface area contributed by atoms with Crippen LogP contribution >= 0.6 is 23.4 Å². The molecule has 1 heterocycles. The third-order valence-corrected chi connectivity index (χ3v) is 7.73. The smallest absolute Gasteiger partial charge is 0.304 e. The number of hydrogen-bond acceptors (Lipinski definition) is 4. The van der Waals surface area contributed by atoms with Gasteiger partial charge in [0.2, 0.25) is 0 Å². The second kappa shape index (κ2) is 13.0. The summed E-state index contributed by atoms with van der Waals surface area (Å²) in [6, 6.07) is 13.9. The Labute approximate surface area is 216 Å². The fraction of sp³-hybridized carbons (Fsp3) is 0.429. The number of aliphatic carboxylic acids is 1. The fourth-order valence-corrected chi connectivity index (χ4v) is 5.38. The van der Waals surface area contributed by atoms with Crippen molar-refractivity contribution >= 4 is 46.0 Å². The molecular weight excluding hydrogens is 482 g/mol. The van der Waals surface area contributed by atoms with E-state index in [1.54, 1.807) is 7.11 Å². The SMILES string of the molecule is COc1ccc(CCCCCCc2c(C(=O)CC(CC(=O)O)SC)c3cc(Cl)ccc3n2C)cc1. The van der Waals surface area contributed by atoms with Crippen molar-refractivity contribution in [3.8, 4) is 5.75 Å². The molecule has 0 saturated carbocycles. The first-order chi connectivity index (χ1) is 16.8. The van der Waals surface area contributed by atoms with Crippen LogP contribution in [-0.4, -0.2) is 40.0 Å². The molecule has 2 aromatic carbocycles. The molecule has 0 aliphatic rings. The first kappa shape index (κ1) is 27.2. The lowest BCUT2D eigenvalue weighted by Crippen LogP contribution is -2.16. The number of ketones is 1. The highest BCUT2D eigenvalue weighted by Gasteiger charge is 2.24. The zero-order valence-corrected chi connectivity index (χ0v) is 22.3. The molecule has 0 spiro atoms. The molecule has 0 aliphatic heterocycles. The van der Waals surface area contributed by atoms with Crippen LogP contribution in [0.2, 0.25) is 5.02 Å². The van der Waals surface area contributed by atoms with Crippen LogP contribution in [-0.2, 0) is 24.7 Å². The van der Waals surface area contributed by atoms with E-state index in [4.69, 9.17) is 16.3 Å². The number of Topliss-reactive ketones (excluding diaryl/α,β-unsaturated/α-hetero) is 1. The molecule has 0 bridgehead atoms. The van der Waals surface area contributed by atoms with Gasteiger partial charge in [0, 0.05) is 45.9 Å². The van der Waals surface area contributed by atoms with Gasteiger partial charge in [0.05, 0.1) is 13.5 Å². The van der Waals surface area contributed by atoms with Crippen LogP contribution < -0.4 is 4.74 Å². The van der Waals surface area contributed by atoms with Gasteiger partial charge in [-0.15, -0.1) is 0 Å². The summed E-state index contributed by atoms with van der Waals surface area (Å²) in [6.45, 7) is 0. The molecule has 1 N–H and O–H groups in total. The summed E-state index contributed by atoms with van der Waals surface area (Å²) in [5.41, 5.74) is 4.01. The number of carboxylic acid groups (broad SMARTS) is 1. The summed E-state index contributed by atoms with van der Waals surface area (Å²) in [7, 11) is 3.67. The van der Waals surface area contributed by atoms with E-state index in [1.807, 2.05) is 43.6 Å². The first-order valence-electron chi connectivity index (χ1n) is 12.0. The Hall–Kier alpha value is -2.44. The van der Waals surface area contributed by atoms with Crippen LogP contribution in [0.4, 0.5) is 0 Å². The van der Waals surface area contributed by atoms with Crippen LogP contribution in [0.25, 0.3) is 10.9 Å². The van der Waals surface area contributed by atoms with Crippen molar-refractivity contribution in [3.63, 3.8) is 0 Å². The molecule has 0 saturated heterocycles. The quantitative estimate of drug-likeness (QED) is 0.185. The van der Waals surface area contributed by atoms with E-state index in [-0.39, 0.29) is 23.9 Å². The molecule has 1 unspecified atom stereocenters. The van der Waals surface area contributed by atoms with Gasteiger partial charge in [-0.1, -0.05) is 36.6 Å². The molecule has 7 heteroatoms. The van der Waals surface area contributed by atoms with Crippen LogP contribution in [0.1, 0.15) is 60.1 Å². The number of carbonyl (C=O) groups excluding carboxylic acids is 1. The van der Waals surface area contributed by atoms with E-state index in [0.29, 0.717) is 10.6 Å². The topological polar surface area (TPSA) is 68.5 Å². The number of carbonyl (C=O) groups is 2. The number of benzene rings is 2. The van der Waals surface area contributed by atoms with Crippen molar-refractivity contribution in [1.29, 1.82) is 0 Å². The molecule has 1 atom stereocenters. The second-order valence-corrected chi connectivity index (χ2v) is 10.5. The van der Waals surface area contributed by atoms with Gasteiger partial charge in [0.1, 0.15) is 5.75 Å². The summed E-state index contributed by atoms with van der Waals surface area (Å²) < 4.78 is 7.32. The van der Waals surface area contributed by atoms with Gasteiger partial charge in [-0.25, -0.2) is 0 Å².